The highest BCUT2D eigenvalue weighted by molar-refractivity contribution is 5.97. The van der Waals surface area contributed by atoms with Gasteiger partial charge in [-0.05, 0) is 51.0 Å². The van der Waals surface area contributed by atoms with Crippen LogP contribution in [0.2, 0.25) is 0 Å². The van der Waals surface area contributed by atoms with Gasteiger partial charge >= 0.3 is 0 Å². The third-order valence-corrected chi connectivity index (χ3v) is 4.26. The van der Waals surface area contributed by atoms with E-state index in [-0.39, 0.29) is 17.9 Å². The van der Waals surface area contributed by atoms with Crippen LogP contribution in [0.5, 0.6) is 0 Å². The molecule has 1 aliphatic heterocycles. The van der Waals surface area contributed by atoms with E-state index in [1.807, 2.05) is 18.7 Å². The van der Waals surface area contributed by atoms with Crippen LogP contribution in [0.15, 0.2) is 24.3 Å². The lowest BCUT2D eigenvalue weighted by Gasteiger charge is -2.30. The van der Waals surface area contributed by atoms with Crippen molar-refractivity contribution in [3.8, 4) is 0 Å². The second kappa shape index (κ2) is 7.40. The van der Waals surface area contributed by atoms with E-state index in [2.05, 4.69) is 0 Å². The summed E-state index contributed by atoms with van der Waals surface area (Å²) in [6, 6.07) is 7.17. The van der Waals surface area contributed by atoms with Crippen molar-refractivity contribution >= 4 is 11.8 Å². The van der Waals surface area contributed by atoms with Crippen LogP contribution >= 0.6 is 0 Å². The Balaban J connectivity index is 2.05. The fourth-order valence-electron chi connectivity index (χ4n) is 2.73. The summed E-state index contributed by atoms with van der Waals surface area (Å²) in [6.07, 6.45) is 1.70. The molecule has 0 aromatic heterocycles. The Hall–Kier alpha value is -1.88. The summed E-state index contributed by atoms with van der Waals surface area (Å²) >= 11 is 0. The molecule has 5 nitrogen and oxygen atoms in total. The average molecular weight is 303 g/mol. The quantitative estimate of drug-likeness (QED) is 0.921. The molecule has 1 saturated heterocycles. The third kappa shape index (κ3) is 3.65. The fraction of sp³-hybridized carbons (Fsp3) is 0.529. The minimum absolute atomic E-state index is 0.00736. The van der Waals surface area contributed by atoms with Crippen LogP contribution in [0.3, 0.4) is 0 Å². The molecule has 0 saturated carbocycles. The molecule has 120 valence electrons. The van der Waals surface area contributed by atoms with E-state index in [4.69, 9.17) is 5.73 Å². The lowest BCUT2D eigenvalue weighted by molar-refractivity contribution is 0.0712. The molecular formula is C17H25N3O2. The number of likely N-dealkylation sites (tertiary alicyclic amines) is 1. The molecule has 1 aliphatic rings. The number of nitrogens with zero attached hydrogens (tertiary/aromatic N) is 2. The van der Waals surface area contributed by atoms with Crippen molar-refractivity contribution in [2.24, 2.45) is 5.73 Å². The van der Waals surface area contributed by atoms with Crippen molar-refractivity contribution < 1.29 is 9.59 Å². The minimum Gasteiger partial charge on any atom is -0.339 e. The molecule has 0 unspecified atom stereocenters. The molecule has 22 heavy (non-hydrogen) atoms. The number of nitrogens with two attached hydrogens (primary N) is 1. The van der Waals surface area contributed by atoms with Crippen LogP contribution in [0.4, 0.5) is 0 Å². The molecule has 2 N–H and O–H groups in total. The monoisotopic (exact) mass is 303 g/mol. The predicted molar refractivity (Wildman–Crippen MR) is 86.8 cm³/mol. The first-order chi connectivity index (χ1) is 10.6. The predicted octanol–water partition coefficient (Wildman–Crippen LogP) is 1.73. The first kappa shape index (κ1) is 16.5. The summed E-state index contributed by atoms with van der Waals surface area (Å²) in [5.41, 5.74) is 7.12. The molecule has 0 spiro atoms. The molecule has 1 aromatic carbocycles. The van der Waals surface area contributed by atoms with Crippen molar-refractivity contribution in [2.45, 2.75) is 32.7 Å². The Morgan fingerprint density at radius 1 is 1.09 bits per heavy atom. The van der Waals surface area contributed by atoms with E-state index < -0.39 is 0 Å². The Kier molecular flexibility index (Phi) is 5.55. The smallest absolute Gasteiger partial charge is 0.253 e. The summed E-state index contributed by atoms with van der Waals surface area (Å²) in [6.45, 7) is 6.70. The lowest BCUT2D eigenvalue weighted by Crippen LogP contribution is -2.42. The van der Waals surface area contributed by atoms with Crippen LogP contribution in [-0.4, -0.2) is 53.8 Å². The van der Waals surface area contributed by atoms with Gasteiger partial charge in [-0.2, -0.15) is 0 Å². The molecule has 0 bridgehead atoms. The topological polar surface area (TPSA) is 66.6 Å². The highest BCUT2D eigenvalue weighted by Gasteiger charge is 2.22. The zero-order valence-corrected chi connectivity index (χ0v) is 13.4. The highest BCUT2D eigenvalue weighted by atomic mass is 16.2. The number of hydrogen-bond donors (Lipinski definition) is 1. The molecule has 2 amide bonds. The highest BCUT2D eigenvalue weighted by Crippen LogP contribution is 2.14. The van der Waals surface area contributed by atoms with E-state index in [1.54, 1.807) is 29.2 Å². The number of piperidine rings is 1. The van der Waals surface area contributed by atoms with Gasteiger partial charge in [0.1, 0.15) is 0 Å². The Labute approximate surface area is 132 Å². The normalized spacial score (nSPS) is 15.7. The Morgan fingerprint density at radius 2 is 1.59 bits per heavy atom. The van der Waals surface area contributed by atoms with Crippen LogP contribution in [0.25, 0.3) is 0 Å². The van der Waals surface area contributed by atoms with Crippen molar-refractivity contribution in [1.29, 1.82) is 0 Å². The van der Waals surface area contributed by atoms with Gasteiger partial charge in [0.2, 0.25) is 0 Å². The van der Waals surface area contributed by atoms with E-state index in [9.17, 15) is 9.59 Å². The second-order valence-corrected chi connectivity index (χ2v) is 5.68. The zero-order chi connectivity index (χ0) is 16.1. The molecule has 0 radical (unpaired) electrons. The fourth-order valence-corrected chi connectivity index (χ4v) is 2.73. The van der Waals surface area contributed by atoms with Crippen molar-refractivity contribution in [3.05, 3.63) is 35.4 Å². The van der Waals surface area contributed by atoms with Gasteiger partial charge in [-0.15, -0.1) is 0 Å². The second-order valence-electron chi connectivity index (χ2n) is 5.68. The van der Waals surface area contributed by atoms with E-state index in [0.717, 1.165) is 12.8 Å². The lowest BCUT2D eigenvalue weighted by atomic mass is 10.0. The number of amides is 2. The standard InChI is InChI=1S/C17H25N3O2/c1-3-19(4-2)16(21)13-5-7-14(8-6-13)17(22)20-11-9-15(18)10-12-20/h5-8,15H,3-4,9-12,18H2,1-2H3. The van der Waals surface area contributed by atoms with Crippen molar-refractivity contribution in [2.75, 3.05) is 26.2 Å². The van der Waals surface area contributed by atoms with E-state index in [1.165, 1.54) is 0 Å². The van der Waals surface area contributed by atoms with Gasteiger partial charge in [0.15, 0.2) is 0 Å². The van der Waals surface area contributed by atoms with E-state index in [0.29, 0.717) is 37.3 Å². The summed E-state index contributed by atoms with van der Waals surface area (Å²) in [5, 5.41) is 0. The molecule has 1 aromatic rings. The van der Waals surface area contributed by atoms with Crippen LogP contribution in [-0.2, 0) is 0 Å². The number of hydrogen-bond acceptors (Lipinski definition) is 3. The Bertz CT molecular complexity index is 515. The largest absolute Gasteiger partial charge is 0.339 e. The molecule has 0 aliphatic carbocycles. The summed E-state index contributed by atoms with van der Waals surface area (Å²) in [7, 11) is 0. The van der Waals surface area contributed by atoms with E-state index >= 15 is 0 Å². The third-order valence-electron chi connectivity index (χ3n) is 4.26. The molecule has 5 heteroatoms. The molecule has 1 heterocycles. The summed E-state index contributed by atoms with van der Waals surface area (Å²) in [4.78, 5) is 28.3. The maximum absolute atomic E-state index is 12.4. The first-order valence-corrected chi connectivity index (χ1v) is 8.01. The molecule has 1 fully saturated rings. The van der Waals surface area contributed by atoms with Gasteiger partial charge in [-0.1, -0.05) is 0 Å². The van der Waals surface area contributed by atoms with Gasteiger partial charge in [0.25, 0.3) is 11.8 Å². The minimum atomic E-state index is 0.00736. The van der Waals surface area contributed by atoms with Crippen LogP contribution in [0.1, 0.15) is 47.4 Å². The SMILES string of the molecule is CCN(CC)C(=O)c1ccc(C(=O)N2CCC(N)CC2)cc1. The van der Waals surface area contributed by atoms with Gasteiger partial charge < -0.3 is 15.5 Å². The number of carbonyl (C=O) groups is 2. The van der Waals surface area contributed by atoms with Gasteiger partial charge in [0, 0.05) is 43.3 Å². The zero-order valence-electron chi connectivity index (χ0n) is 13.4. The number of benzene rings is 1. The van der Waals surface area contributed by atoms with Crippen LogP contribution in [0, 0.1) is 0 Å². The molecule has 0 atom stereocenters. The van der Waals surface area contributed by atoms with Gasteiger partial charge in [-0.25, -0.2) is 0 Å². The van der Waals surface area contributed by atoms with Crippen molar-refractivity contribution in [3.63, 3.8) is 0 Å². The molecular weight excluding hydrogens is 278 g/mol. The maximum atomic E-state index is 12.4. The van der Waals surface area contributed by atoms with Gasteiger partial charge in [-0.3, -0.25) is 9.59 Å². The summed E-state index contributed by atoms with van der Waals surface area (Å²) in [5.74, 6) is 0.0293. The number of carbonyl (C=O) groups excluding carboxylic acids is 2. The first-order valence-electron chi connectivity index (χ1n) is 8.01. The number of rotatable bonds is 4. The average Bonchev–Trinajstić information content (AvgIpc) is 2.56. The van der Waals surface area contributed by atoms with Gasteiger partial charge in [0.05, 0.1) is 0 Å². The van der Waals surface area contributed by atoms with Crippen LogP contribution < -0.4 is 5.73 Å². The molecule has 2 rings (SSSR count). The maximum Gasteiger partial charge on any atom is 0.253 e. The Morgan fingerprint density at radius 3 is 2.09 bits per heavy atom. The summed E-state index contributed by atoms with van der Waals surface area (Å²) < 4.78 is 0. The van der Waals surface area contributed by atoms with Crippen molar-refractivity contribution in [1.82, 2.24) is 9.80 Å².